The minimum Gasteiger partial charge on any atom is -0.345 e. The van der Waals surface area contributed by atoms with Crippen molar-refractivity contribution in [2.45, 2.75) is 37.9 Å². The van der Waals surface area contributed by atoms with Gasteiger partial charge < -0.3 is 10.7 Å². The van der Waals surface area contributed by atoms with Crippen molar-refractivity contribution in [2.24, 2.45) is 11.7 Å². The number of aromatic amines is 1. The van der Waals surface area contributed by atoms with E-state index in [0.29, 0.717) is 30.0 Å². The van der Waals surface area contributed by atoms with E-state index in [9.17, 15) is 0 Å². The Bertz CT molecular complexity index is 808. The molecule has 0 radical (unpaired) electrons. The zero-order valence-corrected chi connectivity index (χ0v) is 11.8. The molecule has 3 atom stereocenters. The Morgan fingerprint density at radius 2 is 2.38 bits per heavy atom. The molecule has 21 heavy (non-hydrogen) atoms. The fourth-order valence-electron chi connectivity index (χ4n) is 3.59. The number of nitrogens with one attached hydrogen (secondary N) is 1. The molecule has 0 unspecified atom stereocenters. The van der Waals surface area contributed by atoms with Gasteiger partial charge in [-0.1, -0.05) is 6.92 Å². The molecule has 1 saturated carbocycles. The topological polar surface area (TPSA) is 84.9 Å². The summed E-state index contributed by atoms with van der Waals surface area (Å²) in [5.41, 5.74) is 6.52. The third-order valence-corrected chi connectivity index (χ3v) is 4.60. The fourth-order valence-corrected chi connectivity index (χ4v) is 3.59. The van der Waals surface area contributed by atoms with Gasteiger partial charge in [0.05, 0.1) is 11.7 Å². The summed E-state index contributed by atoms with van der Waals surface area (Å²) in [6, 6.07) is 1.73. The van der Waals surface area contributed by atoms with Crippen molar-refractivity contribution in [1.82, 2.24) is 24.6 Å². The number of rotatable bonds is 2. The van der Waals surface area contributed by atoms with Crippen LogP contribution in [0.5, 0.6) is 0 Å². The van der Waals surface area contributed by atoms with Gasteiger partial charge in [0.25, 0.3) is 0 Å². The van der Waals surface area contributed by atoms with Gasteiger partial charge in [-0.25, -0.2) is 9.37 Å². The second-order valence-electron chi connectivity index (χ2n) is 5.85. The molecule has 7 heteroatoms. The average molecular weight is 288 g/mol. The summed E-state index contributed by atoms with van der Waals surface area (Å²) in [6.07, 6.45) is 5.10. The highest BCUT2D eigenvalue weighted by Gasteiger charge is 2.50. The van der Waals surface area contributed by atoms with Crippen LogP contribution in [-0.2, 0) is 5.67 Å². The minimum absolute atomic E-state index is 0.123. The molecule has 1 aliphatic rings. The molecule has 1 aliphatic carbocycles. The van der Waals surface area contributed by atoms with Crippen LogP contribution < -0.4 is 5.73 Å². The van der Waals surface area contributed by atoms with Crippen LogP contribution in [-0.4, -0.2) is 30.6 Å². The molecule has 0 spiro atoms. The number of alkyl halides is 1. The van der Waals surface area contributed by atoms with Crippen LogP contribution in [0.4, 0.5) is 4.39 Å². The molecule has 1 fully saturated rings. The van der Waals surface area contributed by atoms with E-state index in [1.807, 2.05) is 13.0 Å². The maximum Gasteiger partial charge on any atom is 0.180 e. The van der Waals surface area contributed by atoms with Crippen molar-refractivity contribution >= 4 is 16.8 Å². The number of aromatic nitrogens is 5. The zero-order chi connectivity index (χ0) is 14.6. The standard InChI is InChI=1S/C14H17FN6/c1-2-8-5-9(16)6-14(8,15)13-20-19-11-7-18-12-10(21(11)13)3-4-17-12/h3-4,7-9,17H,2,5-6,16H2,1H3/t8-,9+,14-/m1/s1. The molecule has 0 bridgehead atoms. The molecular formula is C14H17FN6. The number of hydrogen-bond donors (Lipinski definition) is 2. The monoisotopic (exact) mass is 288 g/mol. The van der Waals surface area contributed by atoms with Crippen LogP contribution >= 0.6 is 0 Å². The summed E-state index contributed by atoms with van der Waals surface area (Å²) in [4.78, 5) is 7.29. The molecule has 0 aliphatic heterocycles. The minimum atomic E-state index is -1.53. The van der Waals surface area contributed by atoms with Gasteiger partial charge in [-0.05, 0) is 18.9 Å². The average Bonchev–Trinajstić information content (AvgIpc) is 3.13. The summed E-state index contributed by atoms with van der Waals surface area (Å²) in [7, 11) is 0. The Balaban J connectivity index is 2.00. The summed E-state index contributed by atoms with van der Waals surface area (Å²) in [5.74, 6) is 0.228. The molecule has 3 aromatic rings. The Morgan fingerprint density at radius 1 is 1.52 bits per heavy atom. The fraction of sp³-hybridized carbons (Fsp3) is 0.500. The summed E-state index contributed by atoms with van der Waals surface area (Å²) < 4.78 is 17.5. The quantitative estimate of drug-likeness (QED) is 0.754. The Hall–Kier alpha value is -2.02. The predicted octanol–water partition coefficient (Wildman–Crippen LogP) is 1.92. The molecule has 3 N–H and O–H groups in total. The molecule has 4 rings (SSSR count). The lowest BCUT2D eigenvalue weighted by Gasteiger charge is -2.24. The van der Waals surface area contributed by atoms with Gasteiger partial charge in [-0.15, -0.1) is 10.2 Å². The van der Waals surface area contributed by atoms with Gasteiger partial charge in [0.15, 0.2) is 22.8 Å². The summed E-state index contributed by atoms with van der Waals surface area (Å²) in [6.45, 7) is 1.99. The molecule has 6 nitrogen and oxygen atoms in total. The van der Waals surface area contributed by atoms with Crippen molar-refractivity contribution in [1.29, 1.82) is 0 Å². The van der Waals surface area contributed by atoms with Crippen LogP contribution in [0.1, 0.15) is 32.0 Å². The maximum atomic E-state index is 15.7. The second-order valence-corrected chi connectivity index (χ2v) is 5.85. The van der Waals surface area contributed by atoms with E-state index in [1.54, 1.807) is 16.8 Å². The number of hydrogen-bond acceptors (Lipinski definition) is 4. The van der Waals surface area contributed by atoms with Crippen molar-refractivity contribution < 1.29 is 4.39 Å². The van der Waals surface area contributed by atoms with E-state index in [4.69, 9.17) is 5.73 Å². The van der Waals surface area contributed by atoms with Crippen LogP contribution in [0.3, 0.4) is 0 Å². The smallest absolute Gasteiger partial charge is 0.180 e. The Kier molecular flexibility index (Phi) is 2.56. The van der Waals surface area contributed by atoms with Gasteiger partial charge in [-0.3, -0.25) is 4.40 Å². The normalized spacial score (nSPS) is 29.7. The third-order valence-electron chi connectivity index (χ3n) is 4.60. The number of halogens is 1. The van der Waals surface area contributed by atoms with E-state index in [2.05, 4.69) is 20.2 Å². The molecule has 3 heterocycles. The van der Waals surface area contributed by atoms with Crippen LogP contribution in [0, 0.1) is 5.92 Å². The molecule has 3 aromatic heterocycles. The summed E-state index contributed by atoms with van der Waals surface area (Å²) in [5, 5.41) is 8.23. The Labute approximate surface area is 120 Å². The molecular weight excluding hydrogens is 271 g/mol. The van der Waals surface area contributed by atoms with Gasteiger partial charge in [0, 0.05) is 24.6 Å². The van der Waals surface area contributed by atoms with Gasteiger partial charge in [-0.2, -0.15) is 0 Å². The Morgan fingerprint density at radius 3 is 3.19 bits per heavy atom. The number of fused-ring (bicyclic) bond motifs is 3. The largest absolute Gasteiger partial charge is 0.345 e. The van der Waals surface area contributed by atoms with E-state index < -0.39 is 5.67 Å². The third kappa shape index (κ3) is 1.64. The van der Waals surface area contributed by atoms with E-state index in [-0.39, 0.29) is 12.0 Å². The SMILES string of the molecule is CC[C@@H]1C[C@H](N)C[C@]1(F)c1nnc2cnc3[nH]ccc3n12. The van der Waals surface area contributed by atoms with Crippen molar-refractivity contribution in [3.05, 3.63) is 24.3 Å². The highest BCUT2D eigenvalue weighted by molar-refractivity contribution is 5.74. The van der Waals surface area contributed by atoms with Crippen molar-refractivity contribution in [2.75, 3.05) is 0 Å². The van der Waals surface area contributed by atoms with E-state index in [0.717, 1.165) is 11.9 Å². The van der Waals surface area contributed by atoms with Crippen LogP contribution in [0.15, 0.2) is 18.5 Å². The molecule has 110 valence electrons. The number of nitrogens with zero attached hydrogens (tertiary/aromatic N) is 4. The van der Waals surface area contributed by atoms with Crippen LogP contribution in [0.2, 0.25) is 0 Å². The molecule has 0 saturated heterocycles. The van der Waals surface area contributed by atoms with Crippen molar-refractivity contribution in [3.8, 4) is 0 Å². The highest BCUT2D eigenvalue weighted by Crippen LogP contribution is 2.47. The highest BCUT2D eigenvalue weighted by atomic mass is 19.1. The van der Waals surface area contributed by atoms with E-state index >= 15 is 4.39 Å². The first-order valence-corrected chi connectivity index (χ1v) is 7.25. The van der Waals surface area contributed by atoms with Gasteiger partial charge >= 0.3 is 0 Å². The van der Waals surface area contributed by atoms with Gasteiger partial charge in [0.1, 0.15) is 0 Å². The van der Waals surface area contributed by atoms with Crippen molar-refractivity contribution in [3.63, 3.8) is 0 Å². The van der Waals surface area contributed by atoms with E-state index in [1.165, 1.54) is 0 Å². The first-order chi connectivity index (χ1) is 10.1. The number of H-pyrrole nitrogens is 1. The maximum absolute atomic E-state index is 15.7. The lowest BCUT2D eigenvalue weighted by atomic mass is 9.89. The zero-order valence-electron chi connectivity index (χ0n) is 11.8. The number of nitrogens with two attached hydrogens (primary N) is 1. The lowest BCUT2D eigenvalue weighted by molar-refractivity contribution is 0.0929. The molecule has 0 amide bonds. The summed E-state index contributed by atoms with van der Waals surface area (Å²) >= 11 is 0. The van der Waals surface area contributed by atoms with Crippen LogP contribution in [0.25, 0.3) is 16.8 Å². The second kappa shape index (κ2) is 4.24. The molecule has 0 aromatic carbocycles. The first kappa shape index (κ1) is 12.7. The van der Waals surface area contributed by atoms with Gasteiger partial charge in [0.2, 0.25) is 0 Å². The predicted molar refractivity (Wildman–Crippen MR) is 76.4 cm³/mol. The first-order valence-electron chi connectivity index (χ1n) is 7.25. The lowest BCUT2D eigenvalue weighted by Crippen LogP contribution is -2.28.